The smallest absolute Gasteiger partial charge is 0.289 e. The first-order valence-corrected chi connectivity index (χ1v) is 7.97. The van der Waals surface area contributed by atoms with Gasteiger partial charge in [-0.1, -0.05) is 6.92 Å². The van der Waals surface area contributed by atoms with Gasteiger partial charge in [-0.2, -0.15) is 0 Å². The molecule has 1 amide bonds. The van der Waals surface area contributed by atoms with Gasteiger partial charge in [0.15, 0.2) is 5.76 Å². The van der Waals surface area contributed by atoms with Crippen molar-refractivity contribution in [2.45, 2.75) is 46.1 Å². The van der Waals surface area contributed by atoms with Crippen molar-refractivity contribution in [1.29, 1.82) is 0 Å². The van der Waals surface area contributed by atoms with Gasteiger partial charge in [0.1, 0.15) is 5.82 Å². The molecular weight excluding hydrogens is 278 g/mol. The SMILES string of the molecule is CCc1nccn1C1CCCN(C(=O)c2occ(C)c2C)C1. The van der Waals surface area contributed by atoms with Gasteiger partial charge in [0.25, 0.3) is 5.91 Å². The molecule has 0 radical (unpaired) electrons. The van der Waals surface area contributed by atoms with E-state index in [0.717, 1.165) is 49.3 Å². The van der Waals surface area contributed by atoms with Crippen LogP contribution in [0.1, 0.15) is 53.3 Å². The first-order valence-electron chi connectivity index (χ1n) is 7.97. The molecule has 3 rings (SSSR count). The molecule has 0 aliphatic carbocycles. The summed E-state index contributed by atoms with van der Waals surface area (Å²) in [5.74, 6) is 1.58. The predicted molar refractivity (Wildman–Crippen MR) is 84.0 cm³/mol. The number of nitrogens with zero attached hydrogens (tertiary/aromatic N) is 3. The van der Waals surface area contributed by atoms with Crippen LogP contribution in [0.4, 0.5) is 0 Å². The van der Waals surface area contributed by atoms with Crippen LogP contribution in [0.15, 0.2) is 23.1 Å². The number of aryl methyl sites for hydroxylation is 2. The van der Waals surface area contributed by atoms with Crippen LogP contribution in [-0.2, 0) is 6.42 Å². The van der Waals surface area contributed by atoms with Crippen molar-refractivity contribution in [3.05, 3.63) is 41.4 Å². The van der Waals surface area contributed by atoms with Crippen LogP contribution in [-0.4, -0.2) is 33.4 Å². The molecule has 0 saturated carbocycles. The maximum absolute atomic E-state index is 12.7. The lowest BCUT2D eigenvalue weighted by Gasteiger charge is -2.33. The third-order valence-corrected chi connectivity index (χ3v) is 4.62. The van der Waals surface area contributed by atoms with Crippen LogP contribution in [0.25, 0.3) is 0 Å². The summed E-state index contributed by atoms with van der Waals surface area (Å²) in [5, 5.41) is 0. The summed E-state index contributed by atoms with van der Waals surface area (Å²) in [4.78, 5) is 19.0. The zero-order valence-electron chi connectivity index (χ0n) is 13.5. The van der Waals surface area contributed by atoms with E-state index in [1.165, 1.54) is 0 Å². The number of aromatic nitrogens is 2. The Morgan fingerprint density at radius 2 is 2.27 bits per heavy atom. The molecule has 0 bridgehead atoms. The van der Waals surface area contributed by atoms with E-state index in [1.54, 1.807) is 6.26 Å². The molecule has 5 nitrogen and oxygen atoms in total. The number of amides is 1. The summed E-state index contributed by atoms with van der Waals surface area (Å²) >= 11 is 0. The quantitative estimate of drug-likeness (QED) is 0.875. The minimum atomic E-state index is 0.00784. The Kier molecular flexibility index (Phi) is 4.05. The van der Waals surface area contributed by atoms with Crippen LogP contribution >= 0.6 is 0 Å². The minimum Gasteiger partial charge on any atom is -0.459 e. The van der Waals surface area contributed by atoms with E-state index >= 15 is 0 Å². The molecule has 1 fully saturated rings. The number of furan rings is 1. The topological polar surface area (TPSA) is 51.3 Å². The normalized spacial score (nSPS) is 18.7. The monoisotopic (exact) mass is 301 g/mol. The van der Waals surface area contributed by atoms with E-state index in [1.807, 2.05) is 31.1 Å². The van der Waals surface area contributed by atoms with Gasteiger partial charge in [-0.15, -0.1) is 0 Å². The predicted octanol–water partition coefficient (Wildman–Crippen LogP) is 3.13. The summed E-state index contributed by atoms with van der Waals surface area (Å²) in [7, 11) is 0. The molecule has 0 spiro atoms. The van der Waals surface area contributed by atoms with Crippen LogP contribution < -0.4 is 0 Å². The highest BCUT2D eigenvalue weighted by molar-refractivity contribution is 5.93. The van der Waals surface area contributed by atoms with Crippen molar-refractivity contribution in [1.82, 2.24) is 14.5 Å². The Morgan fingerprint density at radius 1 is 1.45 bits per heavy atom. The summed E-state index contributed by atoms with van der Waals surface area (Å²) in [6.07, 6.45) is 8.54. The number of rotatable bonds is 3. The van der Waals surface area contributed by atoms with E-state index in [9.17, 15) is 4.79 Å². The summed E-state index contributed by atoms with van der Waals surface area (Å²) in [6.45, 7) is 7.54. The fourth-order valence-electron chi connectivity index (χ4n) is 3.17. The molecule has 118 valence electrons. The van der Waals surface area contributed by atoms with Crippen molar-refractivity contribution < 1.29 is 9.21 Å². The van der Waals surface area contributed by atoms with E-state index in [-0.39, 0.29) is 5.91 Å². The number of likely N-dealkylation sites (tertiary alicyclic amines) is 1. The highest BCUT2D eigenvalue weighted by Crippen LogP contribution is 2.25. The third kappa shape index (κ3) is 2.56. The van der Waals surface area contributed by atoms with E-state index in [0.29, 0.717) is 11.8 Å². The Hall–Kier alpha value is -2.04. The Labute approximate surface area is 130 Å². The van der Waals surface area contributed by atoms with Crippen molar-refractivity contribution in [2.75, 3.05) is 13.1 Å². The average molecular weight is 301 g/mol. The number of hydrogen-bond donors (Lipinski definition) is 0. The first kappa shape index (κ1) is 14.9. The Morgan fingerprint density at radius 3 is 2.95 bits per heavy atom. The molecule has 22 heavy (non-hydrogen) atoms. The Balaban J connectivity index is 1.78. The molecule has 0 aromatic carbocycles. The molecular formula is C17H23N3O2. The molecule has 0 N–H and O–H groups in total. The van der Waals surface area contributed by atoms with Crippen LogP contribution in [0.2, 0.25) is 0 Å². The van der Waals surface area contributed by atoms with E-state index in [4.69, 9.17) is 4.42 Å². The molecule has 3 heterocycles. The zero-order valence-corrected chi connectivity index (χ0v) is 13.5. The highest BCUT2D eigenvalue weighted by Gasteiger charge is 2.28. The van der Waals surface area contributed by atoms with Crippen LogP contribution in [0, 0.1) is 13.8 Å². The maximum atomic E-state index is 12.7. The lowest BCUT2D eigenvalue weighted by molar-refractivity contribution is 0.0645. The summed E-state index contributed by atoms with van der Waals surface area (Å²) in [6, 6.07) is 0.312. The third-order valence-electron chi connectivity index (χ3n) is 4.62. The number of carbonyl (C=O) groups excluding carboxylic acids is 1. The second-order valence-electron chi connectivity index (χ2n) is 6.02. The molecule has 5 heteroatoms. The van der Waals surface area contributed by atoms with Gasteiger partial charge in [0, 0.05) is 37.5 Å². The molecule has 1 aliphatic rings. The molecule has 1 unspecified atom stereocenters. The van der Waals surface area contributed by atoms with Gasteiger partial charge < -0.3 is 13.9 Å². The van der Waals surface area contributed by atoms with Gasteiger partial charge in [0.05, 0.1) is 12.3 Å². The fourth-order valence-corrected chi connectivity index (χ4v) is 3.17. The number of imidazole rings is 1. The van der Waals surface area contributed by atoms with Crippen molar-refractivity contribution >= 4 is 5.91 Å². The van der Waals surface area contributed by atoms with Gasteiger partial charge in [-0.25, -0.2) is 4.98 Å². The van der Waals surface area contributed by atoms with E-state index < -0.39 is 0 Å². The zero-order chi connectivity index (χ0) is 15.7. The van der Waals surface area contributed by atoms with Gasteiger partial charge in [-0.05, 0) is 32.3 Å². The van der Waals surface area contributed by atoms with Crippen molar-refractivity contribution in [3.63, 3.8) is 0 Å². The van der Waals surface area contributed by atoms with Crippen molar-refractivity contribution in [2.24, 2.45) is 0 Å². The largest absolute Gasteiger partial charge is 0.459 e. The molecule has 1 atom stereocenters. The summed E-state index contributed by atoms with van der Waals surface area (Å²) in [5.41, 5.74) is 1.98. The van der Waals surface area contributed by atoms with Gasteiger partial charge in [0.2, 0.25) is 0 Å². The number of hydrogen-bond acceptors (Lipinski definition) is 3. The second-order valence-corrected chi connectivity index (χ2v) is 6.02. The van der Waals surface area contributed by atoms with Crippen LogP contribution in [0.5, 0.6) is 0 Å². The summed E-state index contributed by atoms with van der Waals surface area (Å²) < 4.78 is 7.69. The maximum Gasteiger partial charge on any atom is 0.289 e. The van der Waals surface area contributed by atoms with Crippen LogP contribution in [0.3, 0.4) is 0 Å². The van der Waals surface area contributed by atoms with Crippen molar-refractivity contribution in [3.8, 4) is 0 Å². The standard InChI is InChI=1S/C17H23N3O2/c1-4-15-18-7-9-20(15)14-6-5-8-19(10-14)17(21)16-13(3)12(2)11-22-16/h7,9,11,14H,4-6,8,10H2,1-3H3. The molecule has 2 aromatic rings. The average Bonchev–Trinajstić information content (AvgIpc) is 3.14. The molecule has 2 aromatic heterocycles. The second kappa shape index (κ2) is 5.99. The Bertz CT molecular complexity index is 671. The minimum absolute atomic E-state index is 0.00784. The fraction of sp³-hybridized carbons (Fsp3) is 0.529. The lowest BCUT2D eigenvalue weighted by Crippen LogP contribution is -2.41. The van der Waals surface area contributed by atoms with Gasteiger partial charge >= 0.3 is 0 Å². The first-order chi connectivity index (χ1) is 10.6. The number of carbonyl (C=O) groups is 1. The molecule has 1 saturated heterocycles. The highest BCUT2D eigenvalue weighted by atomic mass is 16.3. The van der Waals surface area contributed by atoms with E-state index in [2.05, 4.69) is 16.5 Å². The lowest BCUT2D eigenvalue weighted by atomic mass is 10.0. The van der Waals surface area contributed by atoms with Gasteiger partial charge in [-0.3, -0.25) is 4.79 Å². The number of piperidine rings is 1. The molecule has 1 aliphatic heterocycles.